The molecular weight excluding hydrogens is 929 g/mol. The van der Waals surface area contributed by atoms with Gasteiger partial charge in [-0.15, -0.1) is 0 Å². The standard InChI is InChI=1S/C70H51N4O2/c1-11-31-51(32-12-1)61-62-66(71(55-39-19-5-20-40-55)56-41-21-6-22-42-56)69-63(65(54-37-17-4-18-38-54)74(76-69)64(52-33-13-2-14-34-52)53-35-15-3-16-36-53)67(72(57-43-23-7-24-44-57)58-45-25-8-26-46-58)68(62)75-70(61)73(59-47-27-9-28-48-59)60-49-29-10-30-50-60/h1-50,64H/q+1. The van der Waals surface area contributed by atoms with Gasteiger partial charge in [-0.2, -0.15) is 0 Å². The first-order chi connectivity index (χ1) is 37.8. The van der Waals surface area contributed by atoms with Crippen LogP contribution in [0.1, 0.15) is 17.2 Å². The topological polar surface area (TPSA) is 39.9 Å². The van der Waals surface area contributed by atoms with Gasteiger partial charge in [0.05, 0.1) is 16.5 Å². The summed E-state index contributed by atoms with van der Waals surface area (Å²) in [4.78, 5) is 6.96. The van der Waals surface area contributed by atoms with Crippen LogP contribution in [0.4, 0.5) is 51.4 Å². The molecule has 13 aromatic rings. The van der Waals surface area contributed by atoms with E-state index in [9.17, 15) is 0 Å². The first kappa shape index (κ1) is 45.7. The average Bonchev–Trinajstić information content (AvgIpc) is 4.09. The minimum Gasteiger partial charge on any atom is -0.437 e. The molecule has 0 unspecified atom stereocenters. The maximum absolute atomic E-state index is 8.09. The predicted octanol–water partition coefficient (Wildman–Crippen LogP) is 18.8. The monoisotopic (exact) mass is 979 g/mol. The van der Waals surface area contributed by atoms with Gasteiger partial charge in [0.1, 0.15) is 16.8 Å². The molecule has 0 radical (unpaired) electrons. The number of furan rings is 1. The van der Waals surface area contributed by atoms with Crippen LogP contribution in [-0.4, -0.2) is 0 Å². The third-order valence-electron chi connectivity index (χ3n) is 14.0. The van der Waals surface area contributed by atoms with Crippen LogP contribution in [0.2, 0.25) is 0 Å². The minimum absolute atomic E-state index is 0.406. The number of benzene rings is 11. The Bertz CT molecular complexity index is 3590. The van der Waals surface area contributed by atoms with Gasteiger partial charge in [-0.05, 0) is 90.5 Å². The van der Waals surface area contributed by atoms with Crippen LogP contribution in [0.3, 0.4) is 0 Å². The number of nitrogens with zero attached hydrogens (tertiary/aromatic N) is 4. The van der Waals surface area contributed by atoms with Crippen molar-refractivity contribution in [1.29, 1.82) is 0 Å². The van der Waals surface area contributed by atoms with E-state index in [1.165, 1.54) is 0 Å². The molecule has 2 aromatic heterocycles. The number of rotatable bonds is 14. The number of hydrogen-bond acceptors (Lipinski definition) is 5. The SMILES string of the molecule is c1ccc(-c2c(N(c3ccccc3)c3ccccc3)oc3c(N(c4ccccc4)c4ccccc4)c4c(-c5ccccc5)[n+](C(c5ccccc5)c5ccccc5)oc4c(N(c4ccccc4)c4ccccc4)c23)cc1. The molecular formula is C70H51N4O2+. The molecule has 0 atom stereocenters. The van der Waals surface area contributed by atoms with Crippen LogP contribution >= 0.6 is 0 Å². The Labute approximate surface area is 442 Å². The van der Waals surface area contributed by atoms with E-state index in [1.54, 1.807) is 0 Å². The molecule has 6 nitrogen and oxygen atoms in total. The third kappa shape index (κ3) is 8.34. The van der Waals surface area contributed by atoms with E-state index in [4.69, 9.17) is 8.94 Å². The van der Waals surface area contributed by atoms with Gasteiger partial charge < -0.3 is 14.2 Å². The summed E-state index contributed by atoms with van der Waals surface area (Å²) in [6.07, 6.45) is 0. The first-order valence-corrected chi connectivity index (χ1v) is 25.7. The van der Waals surface area contributed by atoms with Crippen molar-refractivity contribution in [3.63, 3.8) is 0 Å². The van der Waals surface area contributed by atoms with Crippen LogP contribution in [-0.2, 0) is 0 Å². The lowest BCUT2D eigenvalue weighted by molar-refractivity contribution is -0.857. The molecule has 0 fully saturated rings. The number of fused-ring (bicyclic) bond motifs is 2. The zero-order valence-electron chi connectivity index (χ0n) is 41.6. The highest BCUT2D eigenvalue weighted by Gasteiger charge is 2.43. The summed E-state index contributed by atoms with van der Waals surface area (Å²) in [6.45, 7) is 0. The van der Waals surface area contributed by atoms with Crippen LogP contribution < -0.4 is 19.4 Å². The zero-order valence-corrected chi connectivity index (χ0v) is 41.6. The fourth-order valence-electron chi connectivity index (χ4n) is 10.7. The third-order valence-corrected chi connectivity index (χ3v) is 14.0. The molecule has 76 heavy (non-hydrogen) atoms. The molecule has 13 rings (SSSR count). The van der Waals surface area contributed by atoms with E-state index in [1.807, 2.05) is 0 Å². The Morgan fingerprint density at radius 2 is 0.592 bits per heavy atom. The van der Waals surface area contributed by atoms with Crippen molar-refractivity contribution in [3.05, 3.63) is 314 Å². The van der Waals surface area contributed by atoms with Crippen molar-refractivity contribution in [2.24, 2.45) is 0 Å². The molecule has 0 saturated carbocycles. The van der Waals surface area contributed by atoms with Gasteiger partial charge in [-0.1, -0.05) is 218 Å². The predicted molar refractivity (Wildman–Crippen MR) is 311 cm³/mol. The summed E-state index contributed by atoms with van der Waals surface area (Å²) in [5.74, 6) is 0.650. The summed E-state index contributed by atoms with van der Waals surface area (Å²) < 4.78 is 18.3. The molecule has 0 N–H and O–H groups in total. The highest BCUT2D eigenvalue weighted by molar-refractivity contribution is 6.27. The van der Waals surface area contributed by atoms with E-state index >= 15 is 0 Å². The second-order valence-corrected chi connectivity index (χ2v) is 18.6. The van der Waals surface area contributed by atoms with Gasteiger partial charge >= 0.3 is 0 Å². The summed E-state index contributed by atoms with van der Waals surface area (Å²) in [7, 11) is 0. The second kappa shape index (κ2) is 20.4. The number of anilines is 9. The van der Waals surface area contributed by atoms with Gasteiger partial charge in [0.2, 0.25) is 11.5 Å². The van der Waals surface area contributed by atoms with E-state index in [0.717, 1.165) is 89.8 Å². The number of para-hydroxylation sites is 6. The molecule has 0 amide bonds. The molecule has 0 bridgehead atoms. The average molecular weight is 980 g/mol. The van der Waals surface area contributed by atoms with Crippen LogP contribution in [0, 0.1) is 0 Å². The molecule has 0 aliphatic heterocycles. The van der Waals surface area contributed by atoms with Gasteiger partial charge in [0, 0.05) is 50.0 Å². The molecule has 0 aliphatic carbocycles. The van der Waals surface area contributed by atoms with E-state index in [2.05, 4.69) is 323 Å². The van der Waals surface area contributed by atoms with Gasteiger partial charge in [0.25, 0.3) is 11.7 Å². The van der Waals surface area contributed by atoms with Crippen molar-refractivity contribution < 1.29 is 13.7 Å². The Morgan fingerprint density at radius 1 is 0.289 bits per heavy atom. The summed E-state index contributed by atoms with van der Waals surface area (Å²) in [5.41, 5.74) is 14.5. The van der Waals surface area contributed by atoms with Crippen molar-refractivity contribution in [3.8, 4) is 22.4 Å². The second-order valence-electron chi connectivity index (χ2n) is 18.6. The Morgan fingerprint density at radius 3 is 0.961 bits per heavy atom. The largest absolute Gasteiger partial charge is 0.437 e. The van der Waals surface area contributed by atoms with E-state index in [-0.39, 0.29) is 0 Å². The van der Waals surface area contributed by atoms with Crippen molar-refractivity contribution in [2.45, 2.75) is 6.04 Å². The fraction of sp³-hybridized carbons (Fsp3) is 0.0143. The maximum atomic E-state index is 8.09. The van der Waals surface area contributed by atoms with Crippen LogP contribution in [0.25, 0.3) is 44.3 Å². The summed E-state index contributed by atoms with van der Waals surface area (Å²) in [5, 5.41) is 1.72. The molecule has 0 spiro atoms. The lowest BCUT2D eigenvalue weighted by Gasteiger charge is -2.29. The van der Waals surface area contributed by atoms with Gasteiger partial charge in [-0.3, -0.25) is 4.90 Å². The Kier molecular flexibility index (Phi) is 12.3. The van der Waals surface area contributed by atoms with Gasteiger partial charge in [-0.25, -0.2) is 4.52 Å². The number of aromatic nitrogens is 1. The lowest BCUT2D eigenvalue weighted by atomic mass is 9.94. The summed E-state index contributed by atoms with van der Waals surface area (Å²) >= 11 is 0. The summed E-state index contributed by atoms with van der Waals surface area (Å²) in [6, 6.07) is 106. The quantitative estimate of drug-likeness (QED) is 0.0802. The Balaban J connectivity index is 1.33. The molecule has 0 aliphatic rings. The van der Waals surface area contributed by atoms with E-state index < -0.39 is 6.04 Å². The lowest BCUT2D eigenvalue weighted by Crippen LogP contribution is -2.41. The first-order valence-electron chi connectivity index (χ1n) is 25.7. The molecule has 2 heterocycles. The zero-order chi connectivity index (χ0) is 50.6. The molecule has 0 saturated heterocycles. The smallest absolute Gasteiger partial charge is 0.273 e. The van der Waals surface area contributed by atoms with Crippen molar-refractivity contribution >= 4 is 73.3 Å². The maximum Gasteiger partial charge on any atom is 0.273 e. The highest BCUT2D eigenvalue weighted by atomic mass is 16.5. The normalized spacial score (nSPS) is 11.3. The molecule has 6 heteroatoms. The van der Waals surface area contributed by atoms with Crippen LogP contribution in [0.15, 0.2) is 312 Å². The highest BCUT2D eigenvalue weighted by Crippen LogP contribution is 2.59. The van der Waals surface area contributed by atoms with Crippen molar-refractivity contribution in [2.75, 3.05) is 14.7 Å². The Hall–Kier alpha value is -10.2. The van der Waals surface area contributed by atoms with E-state index in [0.29, 0.717) is 17.1 Å². The van der Waals surface area contributed by atoms with Gasteiger partial charge in [0.15, 0.2) is 5.58 Å². The molecule has 11 aromatic carbocycles. The minimum atomic E-state index is -0.406. The van der Waals surface area contributed by atoms with Crippen molar-refractivity contribution in [1.82, 2.24) is 0 Å². The van der Waals surface area contributed by atoms with Crippen LogP contribution in [0.5, 0.6) is 0 Å². The molecule has 362 valence electrons. The number of hydrogen-bond donors (Lipinski definition) is 0. The fourth-order valence-corrected chi connectivity index (χ4v) is 10.7.